The number of hydrogen-bond acceptors (Lipinski definition) is 6. The molecule has 0 saturated heterocycles. The summed E-state index contributed by atoms with van der Waals surface area (Å²) in [7, 11) is 4.61. The van der Waals surface area contributed by atoms with Gasteiger partial charge >= 0.3 is 0 Å². The maximum Gasteiger partial charge on any atom is 0.203 e. The van der Waals surface area contributed by atoms with Gasteiger partial charge in [-0.2, -0.15) is 0 Å². The Balaban J connectivity index is 1.69. The van der Waals surface area contributed by atoms with Gasteiger partial charge in [0.05, 0.1) is 26.7 Å². The summed E-state index contributed by atoms with van der Waals surface area (Å²) in [5, 5.41) is 0.446. The van der Waals surface area contributed by atoms with Crippen molar-refractivity contribution in [3.8, 4) is 34.3 Å². The first kappa shape index (κ1) is 20.3. The second kappa shape index (κ2) is 8.83. The van der Waals surface area contributed by atoms with Crippen molar-refractivity contribution in [2.24, 2.45) is 0 Å². The molecule has 0 aliphatic carbocycles. The molecule has 0 unspecified atom stereocenters. The predicted octanol–water partition coefficient (Wildman–Crippen LogP) is 5.06. The van der Waals surface area contributed by atoms with Gasteiger partial charge in [0, 0.05) is 11.6 Å². The van der Waals surface area contributed by atoms with Gasteiger partial charge in [-0.05, 0) is 35.9 Å². The molecule has 0 spiro atoms. The summed E-state index contributed by atoms with van der Waals surface area (Å²) in [4.78, 5) is 12.8. The summed E-state index contributed by atoms with van der Waals surface area (Å²) in [5.74, 6) is 2.42. The van der Waals surface area contributed by atoms with Crippen molar-refractivity contribution >= 4 is 11.0 Å². The fraction of sp³-hybridized carbons (Fsp3) is 0.160. The smallest absolute Gasteiger partial charge is 0.203 e. The summed E-state index contributed by atoms with van der Waals surface area (Å²) in [6, 6.07) is 20.0. The monoisotopic (exact) mass is 418 g/mol. The topological polar surface area (TPSA) is 67.1 Å². The zero-order valence-corrected chi connectivity index (χ0v) is 17.5. The highest BCUT2D eigenvalue weighted by molar-refractivity contribution is 5.80. The lowest BCUT2D eigenvalue weighted by Crippen LogP contribution is -2.02. The molecule has 6 heteroatoms. The molecule has 0 bridgehead atoms. The van der Waals surface area contributed by atoms with Crippen LogP contribution in [0.4, 0.5) is 0 Å². The van der Waals surface area contributed by atoms with Crippen molar-refractivity contribution in [2.75, 3.05) is 21.3 Å². The van der Waals surface area contributed by atoms with Crippen LogP contribution in [0.1, 0.15) is 5.56 Å². The summed E-state index contributed by atoms with van der Waals surface area (Å²) in [6.07, 6.45) is 0. The van der Waals surface area contributed by atoms with Crippen LogP contribution < -0.4 is 24.4 Å². The molecule has 158 valence electrons. The highest BCUT2D eigenvalue weighted by Crippen LogP contribution is 2.41. The van der Waals surface area contributed by atoms with Gasteiger partial charge in [-0.3, -0.25) is 4.79 Å². The lowest BCUT2D eigenvalue weighted by molar-refractivity contribution is 0.306. The molecule has 31 heavy (non-hydrogen) atoms. The molecule has 0 fully saturated rings. The first-order chi connectivity index (χ1) is 15.1. The van der Waals surface area contributed by atoms with Gasteiger partial charge < -0.3 is 23.4 Å². The van der Waals surface area contributed by atoms with Crippen LogP contribution in [0.5, 0.6) is 23.0 Å². The van der Waals surface area contributed by atoms with Crippen molar-refractivity contribution in [1.29, 1.82) is 0 Å². The molecule has 0 atom stereocenters. The molecule has 0 aliphatic rings. The van der Waals surface area contributed by atoms with E-state index in [2.05, 4.69) is 0 Å². The Kier molecular flexibility index (Phi) is 5.80. The molecular formula is C25H22O6. The van der Waals surface area contributed by atoms with Crippen LogP contribution >= 0.6 is 0 Å². The number of fused-ring (bicyclic) bond motifs is 1. The van der Waals surface area contributed by atoms with Crippen molar-refractivity contribution in [1.82, 2.24) is 0 Å². The van der Waals surface area contributed by atoms with Crippen LogP contribution in [0.2, 0.25) is 0 Å². The average Bonchev–Trinajstić information content (AvgIpc) is 2.82. The van der Waals surface area contributed by atoms with Crippen LogP contribution in [0, 0.1) is 0 Å². The number of ether oxygens (including phenoxy) is 4. The zero-order chi connectivity index (χ0) is 21.8. The van der Waals surface area contributed by atoms with E-state index in [0.717, 1.165) is 5.56 Å². The summed E-state index contributed by atoms with van der Waals surface area (Å²) < 4.78 is 28.0. The standard InChI is InChI=1S/C25H22O6/c1-27-23-11-17(12-24(28-2)25(23)29-3)22-14-20(26)19-13-18(9-10-21(19)31-22)30-15-16-7-5-4-6-8-16/h4-14H,15H2,1-3H3. The van der Waals surface area contributed by atoms with E-state index < -0.39 is 0 Å². The minimum atomic E-state index is -0.171. The molecule has 4 aromatic rings. The van der Waals surface area contributed by atoms with Gasteiger partial charge in [-0.15, -0.1) is 0 Å². The minimum Gasteiger partial charge on any atom is -0.493 e. The van der Waals surface area contributed by atoms with Crippen LogP contribution in [0.3, 0.4) is 0 Å². The fourth-order valence-electron chi connectivity index (χ4n) is 3.33. The van der Waals surface area contributed by atoms with Crippen LogP contribution in [0.25, 0.3) is 22.3 Å². The van der Waals surface area contributed by atoms with Crippen LogP contribution in [-0.2, 0) is 6.61 Å². The molecular weight excluding hydrogens is 396 g/mol. The maximum atomic E-state index is 12.8. The van der Waals surface area contributed by atoms with E-state index in [1.54, 1.807) is 30.3 Å². The Hall–Kier alpha value is -3.93. The van der Waals surface area contributed by atoms with Gasteiger partial charge in [-0.25, -0.2) is 0 Å². The van der Waals surface area contributed by atoms with Gasteiger partial charge in [0.25, 0.3) is 0 Å². The van der Waals surface area contributed by atoms with Crippen LogP contribution in [-0.4, -0.2) is 21.3 Å². The predicted molar refractivity (Wildman–Crippen MR) is 118 cm³/mol. The molecule has 0 N–H and O–H groups in total. The Morgan fingerprint density at radius 3 is 2.16 bits per heavy atom. The summed E-state index contributed by atoms with van der Waals surface area (Å²) in [6.45, 7) is 0.418. The van der Waals surface area contributed by atoms with E-state index in [9.17, 15) is 4.79 Å². The fourth-order valence-corrected chi connectivity index (χ4v) is 3.33. The Morgan fingerprint density at radius 1 is 0.806 bits per heavy atom. The van der Waals surface area contributed by atoms with E-state index in [0.29, 0.717) is 51.9 Å². The Bertz CT molecular complexity index is 1240. The SMILES string of the molecule is COc1cc(-c2cc(=O)c3cc(OCc4ccccc4)ccc3o2)cc(OC)c1OC. The number of methoxy groups -OCH3 is 3. The van der Waals surface area contributed by atoms with Crippen molar-refractivity contribution in [3.05, 3.63) is 82.5 Å². The molecule has 3 aromatic carbocycles. The highest BCUT2D eigenvalue weighted by atomic mass is 16.5. The third-order valence-electron chi connectivity index (χ3n) is 4.90. The zero-order valence-electron chi connectivity index (χ0n) is 17.5. The summed E-state index contributed by atoms with van der Waals surface area (Å²) >= 11 is 0. The molecule has 1 heterocycles. The normalized spacial score (nSPS) is 10.7. The third-order valence-corrected chi connectivity index (χ3v) is 4.90. The maximum absolute atomic E-state index is 12.8. The van der Waals surface area contributed by atoms with E-state index in [1.165, 1.54) is 27.4 Å². The second-order valence-corrected chi connectivity index (χ2v) is 6.82. The van der Waals surface area contributed by atoms with E-state index in [4.69, 9.17) is 23.4 Å². The molecule has 0 amide bonds. The first-order valence-electron chi connectivity index (χ1n) is 9.68. The van der Waals surface area contributed by atoms with Gasteiger partial charge in [0.1, 0.15) is 23.7 Å². The molecule has 1 aromatic heterocycles. The second-order valence-electron chi connectivity index (χ2n) is 6.82. The number of benzene rings is 3. The van der Waals surface area contributed by atoms with Gasteiger partial charge in [-0.1, -0.05) is 30.3 Å². The lowest BCUT2D eigenvalue weighted by atomic mass is 10.1. The molecule has 4 rings (SSSR count). The van der Waals surface area contributed by atoms with E-state index in [1.807, 2.05) is 30.3 Å². The first-order valence-corrected chi connectivity index (χ1v) is 9.68. The lowest BCUT2D eigenvalue weighted by Gasteiger charge is -2.14. The Morgan fingerprint density at radius 2 is 1.52 bits per heavy atom. The summed E-state index contributed by atoms with van der Waals surface area (Å²) in [5.41, 5.74) is 1.98. The van der Waals surface area contributed by atoms with Gasteiger partial charge in [0.2, 0.25) is 5.75 Å². The van der Waals surface area contributed by atoms with Crippen molar-refractivity contribution in [2.45, 2.75) is 6.61 Å². The van der Waals surface area contributed by atoms with Crippen molar-refractivity contribution in [3.63, 3.8) is 0 Å². The molecule has 0 radical (unpaired) electrons. The highest BCUT2D eigenvalue weighted by Gasteiger charge is 2.16. The largest absolute Gasteiger partial charge is 0.493 e. The molecule has 6 nitrogen and oxygen atoms in total. The van der Waals surface area contributed by atoms with E-state index >= 15 is 0 Å². The quantitative estimate of drug-likeness (QED) is 0.418. The van der Waals surface area contributed by atoms with Crippen LogP contribution in [0.15, 0.2) is 75.9 Å². The van der Waals surface area contributed by atoms with Crippen molar-refractivity contribution < 1.29 is 23.4 Å². The van der Waals surface area contributed by atoms with E-state index in [-0.39, 0.29) is 5.43 Å². The molecule has 0 aliphatic heterocycles. The number of rotatable bonds is 7. The third kappa shape index (κ3) is 4.19. The minimum absolute atomic E-state index is 0.171. The molecule has 0 saturated carbocycles. The average molecular weight is 418 g/mol. The number of hydrogen-bond donors (Lipinski definition) is 0. The Labute approximate surface area is 179 Å². The van der Waals surface area contributed by atoms with Gasteiger partial charge in [0.15, 0.2) is 16.9 Å².